The first-order valence-electron chi connectivity index (χ1n) is 6.28. The first-order valence-corrected chi connectivity index (χ1v) is 8.00. The molecule has 0 spiro atoms. The number of rotatable bonds is 5. The number of carboxylic acids is 1. The minimum atomic E-state index is -3.13. The van der Waals surface area contributed by atoms with E-state index in [-0.39, 0.29) is 29.2 Å². The molecule has 2 N–H and O–H groups in total. The third kappa shape index (κ3) is 3.30. The molecule has 114 valence electrons. The van der Waals surface area contributed by atoms with Gasteiger partial charge in [0.25, 0.3) is 5.69 Å². The van der Waals surface area contributed by atoms with Gasteiger partial charge in [-0.15, -0.1) is 0 Å². The fourth-order valence-electron chi connectivity index (χ4n) is 2.29. The number of nitrogens with one attached hydrogen (secondary N) is 1. The molecule has 1 saturated heterocycles. The van der Waals surface area contributed by atoms with Gasteiger partial charge in [0.1, 0.15) is 0 Å². The highest BCUT2D eigenvalue weighted by atomic mass is 32.2. The lowest BCUT2D eigenvalue weighted by molar-refractivity contribution is -0.384. The molecular weight excluding hydrogens is 300 g/mol. The van der Waals surface area contributed by atoms with Crippen LogP contribution in [0.5, 0.6) is 0 Å². The van der Waals surface area contributed by atoms with E-state index in [0.717, 1.165) is 6.07 Å². The number of carboxylic acid groups (broad SMARTS) is 1. The van der Waals surface area contributed by atoms with Crippen LogP contribution in [0.25, 0.3) is 0 Å². The van der Waals surface area contributed by atoms with Crippen molar-refractivity contribution in [1.29, 1.82) is 0 Å². The Labute approximate surface area is 120 Å². The van der Waals surface area contributed by atoms with Gasteiger partial charge in [-0.1, -0.05) is 0 Å². The monoisotopic (exact) mass is 314 g/mol. The van der Waals surface area contributed by atoms with Crippen LogP contribution in [0.4, 0.5) is 11.4 Å². The maximum absolute atomic E-state index is 11.7. The Morgan fingerprint density at radius 2 is 2.19 bits per heavy atom. The van der Waals surface area contributed by atoms with Gasteiger partial charge < -0.3 is 10.4 Å². The average Bonchev–Trinajstić information content (AvgIpc) is 2.74. The van der Waals surface area contributed by atoms with Crippen LogP contribution in [0.1, 0.15) is 23.2 Å². The fraction of sp³-hybridized carbons (Fsp3) is 0.417. The molecule has 8 nitrogen and oxygen atoms in total. The molecule has 1 aromatic carbocycles. The van der Waals surface area contributed by atoms with Crippen molar-refractivity contribution >= 4 is 27.2 Å². The smallest absolute Gasteiger partial charge is 0.338 e. The quantitative estimate of drug-likeness (QED) is 0.619. The first-order chi connectivity index (χ1) is 9.81. The number of aromatic carboxylic acids is 1. The Bertz CT molecular complexity index is 685. The normalized spacial score (nSPS) is 20.1. The fourth-order valence-corrected chi connectivity index (χ4v) is 4.05. The Morgan fingerprint density at radius 1 is 1.48 bits per heavy atom. The molecule has 0 aromatic heterocycles. The number of anilines is 1. The average molecular weight is 314 g/mol. The van der Waals surface area contributed by atoms with Gasteiger partial charge in [0.2, 0.25) is 0 Å². The highest BCUT2D eigenvalue weighted by Crippen LogP contribution is 2.24. The molecule has 1 aliphatic heterocycles. The van der Waals surface area contributed by atoms with Crippen molar-refractivity contribution in [2.75, 3.05) is 17.6 Å². The van der Waals surface area contributed by atoms with Gasteiger partial charge in [-0.25, -0.2) is 13.2 Å². The van der Waals surface area contributed by atoms with E-state index in [1.54, 1.807) is 0 Å². The number of hydrogen-bond donors (Lipinski definition) is 2. The standard InChI is InChI=1S/C12H14N2O6S/c15-12(16)10-6-8(14(17)18)3-4-11(10)13-7-9-2-1-5-21(9,19)20/h3-4,6,9,13H,1-2,5,7H2,(H,15,16). The molecule has 1 heterocycles. The number of nitrogens with zero attached hydrogens (tertiary/aromatic N) is 1. The largest absolute Gasteiger partial charge is 0.478 e. The minimum absolute atomic E-state index is 0.0976. The lowest BCUT2D eigenvalue weighted by Crippen LogP contribution is -2.25. The van der Waals surface area contributed by atoms with Gasteiger partial charge in [-0.2, -0.15) is 0 Å². The Hall–Kier alpha value is -2.16. The maximum atomic E-state index is 11.7. The van der Waals surface area contributed by atoms with Gasteiger partial charge in [0, 0.05) is 24.4 Å². The summed E-state index contributed by atoms with van der Waals surface area (Å²) in [7, 11) is -3.13. The van der Waals surface area contributed by atoms with Crippen LogP contribution < -0.4 is 5.32 Å². The molecule has 0 radical (unpaired) electrons. The summed E-state index contributed by atoms with van der Waals surface area (Å²) in [4.78, 5) is 21.1. The van der Waals surface area contributed by atoms with E-state index in [1.165, 1.54) is 12.1 Å². The van der Waals surface area contributed by atoms with E-state index in [1.807, 2.05) is 0 Å². The topological polar surface area (TPSA) is 127 Å². The number of carbonyl (C=O) groups is 1. The molecule has 1 fully saturated rings. The predicted molar refractivity (Wildman–Crippen MR) is 75.4 cm³/mol. The molecule has 0 amide bonds. The number of nitro groups is 1. The van der Waals surface area contributed by atoms with E-state index >= 15 is 0 Å². The number of sulfone groups is 1. The van der Waals surface area contributed by atoms with Crippen LogP contribution in [0.3, 0.4) is 0 Å². The summed E-state index contributed by atoms with van der Waals surface area (Å²) in [6, 6.07) is 3.41. The Morgan fingerprint density at radius 3 is 2.71 bits per heavy atom. The number of non-ortho nitro benzene ring substituents is 1. The molecule has 1 atom stereocenters. The summed E-state index contributed by atoms with van der Waals surface area (Å²) in [5.41, 5.74) is -0.402. The van der Waals surface area contributed by atoms with Crippen molar-refractivity contribution in [3.63, 3.8) is 0 Å². The SMILES string of the molecule is O=C(O)c1cc([N+](=O)[O-])ccc1NCC1CCCS1(=O)=O. The van der Waals surface area contributed by atoms with Gasteiger partial charge in [0.15, 0.2) is 9.84 Å². The zero-order chi connectivity index (χ0) is 15.6. The molecule has 0 bridgehead atoms. The van der Waals surface area contributed by atoms with Crippen molar-refractivity contribution in [2.45, 2.75) is 18.1 Å². The molecule has 1 aromatic rings. The number of benzene rings is 1. The summed E-state index contributed by atoms with van der Waals surface area (Å²) >= 11 is 0. The van der Waals surface area contributed by atoms with E-state index in [2.05, 4.69) is 5.32 Å². The molecule has 9 heteroatoms. The van der Waals surface area contributed by atoms with Crippen molar-refractivity contribution in [3.05, 3.63) is 33.9 Å². The molecule has 1 aliphatic rings. The maximum Gasteiger partial charge on any atom is 0.338 e. The predicted octanol–water partition coefficient (Wildman–Crippen LogP) is 1.28. The second-order valence-electron chi connectivity index (χ2n) is 4.80. The third-order valence-corrected chi connectivity index (χ3v) is 5.70. The summed E-state index contributed by atoms with van der Waals surface area (Å²) in [5.74, 6) is -1.17. The molecule has 1 unspecified atom stereocenters. The number of nitro benzene ring substituents is 1. The van der Waals surface area contributed by atoms with E-state index < -0.39 is 26.0 Å². The lowest BCUT2D eigenvalue weighted by Gasteiger charge is -2.13. The van der Waals surface area contributed by atoms with Crippen LogP contribution in [0, 0.1) is 10.1 Å². The summed E-state index contributed by atoms with van der Waals surface area (Å²) in [5, 5.41) is 22.0. The van der Waals surface area contributed by atoms with Crippen LogP contribution in [0.15, 0.2) is 18.2 Å². The molecule has 21 heavy (non-hydrogen) atoms. The highest BCUT2D eigenvalue weighted by Gasteiger charge is 2.31. The summed E-state index contributed by atoms with van der Waals surface area (Å²) in [6.45, 7) is 0.0976. The Kier molecular flexibility index (Phi) is 4.12. The minimum Gasteiger partial charge on any atom is -0.478 e. The Balaban J connectivity index is 2.20. The second kappa shape index (κ2) is 5.68. The van der Waals surface area contributed by atoms with Crippen molar-refractivity contribution in [1.82, 2.24) is 0 Å². The van der Waals surface area contributed by atoms with E-state index in [0.29, 0.717) is 12.8 Å². The van der Waals surface area contributed by atoms with Crippen molar-refractivity contribution < 1.29 is 23.2 Å². The molecule has 0 saturated carbocycles. The van der Waals surface area contributed by atoms with Gasteiger partial charge >= 0.3 is 5.97 Å². The lowest BCUT2D eigenvalue weighted by atomic mass is 10.1. The summed E-state index contributed by atoms with van der Waals surface area (Å²) in [6.07, 6.45) is 1.13. The summed E-state index contributed by atoms with van der Waals surface area (Å²) < 4.78 is 23.4. The van der Waals surface area contributed by atoms with Crippen LogP contribution >= 0.6 is 0 Å². The van der Waals surface area contributed by atoms with Crippen molar-refractivity contribution in [2.24, 2.45) is 0 Å². The van der Waals surface area contributed by atoms with Gasteiger partial charge in [0.05, 0.1) is 21.5 Å². The van der Waals surface area contributed by atoms with Crippen LogP contribution in [-0.2, 0) is 9.84 Å². The molecular formula is C12H14N2O6S. The highest BCUT2D eigenvalue weighted by molar-refractivity contribution is 7.92. The van der Waals surface area contributed by atoms with Gasteiger partial charge in [-0.3, -0.25) is 10.1 Å². The zero-order valence-electron chi connectivity index (χ0n) is 11.0. The van der Waals surface area contributed by atoms with E-state index in [4.69, 9.17) is 5.11 Å². The first kappa shape index (κ1) is 15.2. The third-order valence-electron chi connectivity index (χ3n) is 3.43. The number of hydrogen-bond acceptors (Lipinski definition) is 6. The van der Waals surface area contributed by atoms with Crippen LogP contribution in [-0.4, -0.2) is 42.0 Å². The van der Waals surface area contributed by atoms with Crippen LogP contribution in [0.2, 0.25) is 0 Å². The molecule has 0 aliphatic carbocycles. The molecule has 2 rings (SSSR count). The van der Waals surface area contributed by atoms with Gasteiger partial charge in [-0.05, 0) is 18.9 Å². The zero-order valence-corrected chi connectivity index (χ0v) is 11.8. The van der Waals surface area contributed by atoms with Crippen molar-refractivity contribution in [3.8, 4) is 0 Å². The van der Waals surface area contributed by atoms with E-state index in [9.17, 15) is 23.3 Å². The second-order valence-corrected chi connectivity index (χ2v) is 7.20.